The second kappa shape index (κ2) is 6.62. The van der Waals surface area contributed by atoms with Gasteiger partial charge in [0.1, 0.15) is 0 Å². The topological polar surface area (TPSA) is 99.3 Å². The number of fused-ring (bicyclic) bond motifs is 1. The predicted molar refractivity (Wildman–Crippen MR) is 99.5 cm³/mol. The van der Waals surface area contributed by atoms with E-state index < -0.39 is 0 Å². The first-order valence-corrected chi connectivity index (χ1v) is 8.47. The monoisotopic (exact) mass is 352 g/mol. The first kappa shape index (κ1) is 16.3. The fourth-order valence-electron chi connectivity index (χ4n) is 3.19. The van der Waals surface area contributed by atoms with Gasteiger partial charge in [-0.1, -0.05) is 0 Å². The van der Waals surface area contributed by atoms with Crippen molar-refractivity contribution in [3.8, 4) is 22.8 Å². The van der Waals surface area contributed by atoms with Crippen LogP contribution in [0.5, 0.6) is 11.5 Å². The minimum Gasteiger partial charge on any atom is -0.493 e. The van der Waals surface area contributed by atoms with Gasteiger partial charge in [-0.05, 0) is 31.0 Å². The number of ether oxygens (including phenoxy) is 2. The van der Waals surface area contributed by atoms with Crippen LogP contribution in [0.4, 0.5) is 11.8 Å². The maximum Gasteiger partial charge on any atom is 0.224 e. The Balaban J connectivity index is 1.84. The molecule has 134 valence electrons. The third-order valence-electron chi connectivity index (χ3n) is 4.49. The predicted octanol–water partition coefficient (Wildman–Crippen LogP) is 2.29. The molecule has 0 bridgehead atoms. The van der Waals surface area contributed by atoms with Gasteiger partial charge < -0.3 is 20.1 Å². The Hall–Kier alpha value is -3.16. The van der Waals surface area contributed by atoms with E-state index in [1.54, 1.807) is 20.4 Å². The first-order valence-electron chi connectivity index (χ1n) is 8.47. The molecule has 4 rings (SSSR count). The summed E-state index contributed by atoms with van der Waals surface area (Å²) in [5.74, 6) is 2.27. The number of rotatable bonds is 4. The maximum absolute atomic E-state index is 5.86. The van der Waals surface area contributed by atoms with Crippen LogP contribution in [0.3, 0.4) is 0 Å². The molecular weight excluding hydrogens is 332 g/mol. The molecule has 1 saturated heterocycles. The standard InChI is InChI=1S/C18H20N6O2/c1-25-13-6-5-11(9-14(13)26-2)12-10-20-16-15(21-12)17(23-18(19)22-16)24-7-3-4-8-24/h5-6,9-10H,3-4,7-8H2,1-2H3,(H2,19,20,22,23). The van der Waals surface area contributed by atoms with Gasteiger partial charge in [-0.25, -0.2) is 9.97 Å². The van der Waals surface area contributed by atoms with Gasteiger partial charge in [0.2, 0.25) is 5.95 Å². The number of hydrogen-bond acceptors (Lipinski definition) is 8. The quantitative estimate of drug-likeness (QED) is 0.763. The lowest BCUT2D eigenvalue weighted by molar-refractivity contribution is 0.355. The Kier molecular flexibility index (Phi) is 4.16. The van der Waals surface area contributed by atoms with Crippen molar-refractivity contribution in [2.24, 2.45) is 0 Å². The van der Waals surface area contributed by atoms with Gasteiger partial charge in [0.25, 0.3) is 0 Å². The molecule has 1 aromatic carbocycles. The minimum atomic E-state index is 0.215. The molecule has 0 saturated carbocycles. The average molecular weight is 352 g/mol. The van der Waals surface area contributed by atoms with Crippen molar-refractivity contribution in [2.45, 2.75) is 12.8 Å². The highest BCUT2D eigenvalue weighted by molar-refractivity contribution is 5.86. The van der Waals surface area contributed by atoms with E-state index >= 15 is 0 Å². The van der Waals surface area contributed by atoms with Crippen molar-refractivity contribution in [1.29, 1.82) is 0 Å². The van der Waals surface area contributed by atoms with Crippen LogP contribution in [0.2, 0.25) is 0 Å². The molecule has 3 heterocycles. The second-order valence-electron chi connectivity index (χ2n) is 6.10. The van der Waals surface area contributed by atoms with Crippen LogP contribution in [-0.2, 0) is 0 Å². The highest BCUT2D eigenvalue weighted by Gasteiger charge is 2.20. The van der Waals surface area contributed by atoms with E-state index in [1.807, 2.05) is 18.2 Å². The number of anilines is 2. The van der Waals surface area contributed by atoms with Gasteiger partial charge in [-0.3, -0.25) is 0 Å². The van der Waals surface area contributed by atoms with Gasteiger partial charge in [-0.2, -0.15) is 9.97 Å². The Morgan fingerprint density at radius 3 is 2.50 bits per heavy atom. The van der Waals surface area contributed by atoms with Crippen molar-refractivity contribution in [1.82, 2.24) is 19.9 Å². The molecule has 0 aliphatic carbocycles. The number of hydrogen-bond donors (Lipinski definition) is 1. The van der Waals surface area contributed by atoms with E-state index in [1.165, 1.54) is 0 Å². The van der Waals surface area contributed by atoms with Gasteiger partial charge >= 0.3 is 0 Å². The number of benzene rings is 1. The Labute approximate surface area is 151 Å². The largest absolute Gasteiger partial charge is 0.493 e. The highest BCUT2D eigenvalue weighted by atomic mass is 16.5. The zero-order chi connectivity index (χ0) is 18.1. The Bertz CT molecular complexity index is 956. The molecule has 2 N–H and O–H groups in total. The van der Waals surface area contributed by atoms with Crippen LogP contribution in [0.25, 0.3) is 22.4 Å². The van der Waals surface area contributed by atoms with Gasteiger partial charge in [0.05, 0.1) is 26.1 Å². The minimum absolute atomic E-state index is 0.215. The zero-order valence-corrected chi connectivity index (χ0v) is 14.8. The summed E-state index contributed by atoms with van der Waals surface area (Å²) in [5, 5.41) is 0. The Morgan fingerprint density at radius 2 is 1.77 bits per heavy atom. The molecule has 8 heteroatoms. The lowest BCUT2D eigenvalue weighted by Gasteiger charge is -2.18. The van der Waals surface area contributed by atoms with Crippen LogP contribution in [-0.4, -0.2) is 47.2 Å². The number of nitrogens with two attached hydrogens (primary N) is 1. The SMILES string of the molecule is COc1ccc(-c2cnc3nc(N)nc(N4CCCC4)c3n2)cc1OC. The van der Waals surface area contributed by atoms with Crippen LogP contribution < -0.4 is 20.1 Å². The summed E-state index contributed by atoms with van der Waals surface area (Å²) in [6.45, 7) is 1.88. The van der Waals surface area contributed by atoms with Crippen LogP contribution in [0, 0.1) is 0 Å². The molecule has 3 aromatic rings. The van der Waals surface area contributed by atoms with E-state index in [9.17, 15) is 0 Å². The van der Waals surface area contributed by atoms with Crippen molar-refractivity contribution >= 4 is 22.9 Å². The summed E-state index contributed by atoms with van der Waals surface area (Å²) in [7, 11) is 3.22. The molecule has 26 heavy (non-hydrogen) atoms. The van der Waals surface area contributed by atoms with E-state index in [0.29, 0.717) is 28.4 Å². The summed E-state index contributed by atoms with van der Waals surface area (Å²) >= 11 is 0. The smallest absolute Gasteiger partial charge is 0.224 e. The van der Waals surface area contributed by atoms with E-state index in [0.717, 1.165) is 37.3 Å². The molecule has 0 radical (unpaired) electrons. The summed E-state index contributed by atoms with van der Waals surface area (Å²) < 4.78 is 10.7. The number of nitrogen functional groups attached to an aromatic ring is 1. The summed E-state index contributed by atoms with van der Waals surface area (Å²) in [4.78, 5) is 20.1. The molecule has 2 aromatic heterocycles. The maximum atomic E-state index is 5.86. The summed E-state index contributed by atoms with van der Waals surface area (Å²) in [5.41, 5.74) is 8.62. The summed E-state index contributed by atoms with van der Waals surface area (Å²) in [6, 6.07) is 5.65. The normalized spacial score (nSPS) is 14.0. The van der Waals surface area contributed by atoms with Crippen molar-refractivity contribution in [2.75, 3.05) is 37.9 Å². The zero-order valence-electron chi connectivity index (χ0n) is 14.8. The highest BCUT2D eigenvalue weighted by Crippen LogP contribution is 2.33. The van der Waals surface area contributed by atoms with E-state index in [-0.39, 0.29) is 5.95 Å². The number of methoxy groups -OCH3 is 2. The number of aromatic nitrogens is 4. The molecular formula is C18H20N6O2. The molecule has 0 amide bonds. The molecule has 0 spiro atoms. The van der Waals surface area contributed by atoms with E-state index in [4.69, 9.17) is 20.2 Å². The van der Waals surface area contributed by atoms with Crippen molar-refractivity contribution in [3.63, 3.8) is 0 Å². The van der Waals surface area contributed by atoms with Crippen LogP contribution >= 0.6 is 0 Å². The molecule has 1 aliphatic heterocycles. The van der Waals surface area contributed by atoms with Crippen molar-refractivity contribution < 1.29 is 9.47 Å². The second-order valence-corrected chi connectivity index (χ2v) is 6.10. The van der Waals surface area contributed by atoms with Crippen LogP contribution in [0.15, 0.2) is 24.4 Å². The molecule has 1 fully saturated rings. The lowest BCUT2D eigenvalue weighted by atomic mass is 10.1. The van der Waals surface area contributed by atoms with Crippen LogP contribution in [0.1, 0.15) is 12.8 Å². The Morgan fingerprint density at radius 1 is 1.00 bits per heavy atom. The van der Waals surface area contributed by atoms with Crippen molar-refractivity contribution in [3.05, 3.63) is 24.4 Å². The third-order valence-corrected chi connectivity index (χ3v) is 4.49. The van der Waals surface area contributed by atoms with Gasteiger partial charge in [0.15, 0.2) is 28.5 Å². The molecule has 1 aliphatic rings. The fourth-order valence-corrected chi connectivity index (χ4v) is 3.19. The van der Waals surface area contributed by atoms with Gasteiger partial charge in [0, 0.05) is 18.7 Å². The average Bonchev–Trinajstić information content (AvgIpc) is 3.21. The molecule has 0 atom stereocenters. The van der Waals surface area contributed by atoms with E-state index in [2.05, 4.69) is 19.9 Å². The molecule has 8 nitrogen and oxygen atoms in total. The third kappa shape index (κ3) is 2.83. The molecule has 0 unspecified atom stereocenters. The van der Waals surface area contributed by atoms with Gasteiger partial charge in [-0.15, -0.1) is 0 Å². The lowest BCUT2D eigenvalue weighted by Crippen LogP contribution is -2.20. The first-order chi connectivity index (χ1) is 12.7. The number of nitrogens with zero attached hydrogens (tertiary/aromatic N) is 5. The summed E-state index contributed by atoms with van der Waals surface area (Å²) in [6.07, 6.45) is 3.95. The fraction of sp³-hybridized carbons (Fsp3) is 0.333.